The van der Waals surface area contributed by atoms with Gasteiger partial charge in [0.2, 0.25) is 5.91 Å². The van der Waals surface area contributed by atoms with Gasteiger partial charge in [-0.1, -0.05) is 24.3 Å². The first-order chi connectivity index (χ1) is 12.3. The molecule has 2 aromatic rings. The zero-order valence-corrected chi connectivity index (χ0v) is 14.2. The third-order valence-corrected chi connectivity index (χ3v) is 4.75. The fraction of sp³-hybridized carbons (Fsp3) is 0.368. The van der Waals surface area contributed by atoms with Crippen LogP contribution in [0, 0.1) is 0 Å². The van der Waals surface area contributed by atoms with Crippen molar-refractivity contribution >= 4 is 5.91 Å². The van der Waals surface area contributed by atoms with Gasteiger partial charge >= 0.3 is 6.18 Å². The van der Waals surface area contributed by atoms with E-state index >= 15 is 0 Å². The van der Waals surface area contributed by atoms with Crippen molar-refractivity contribution in [3.8, 4) is 0 Å². The molecular formula is C19H19F3N2O2. The molecule has 0 saturated carbocycles. The second kappa shape index (κ2) is 6.97. The van der Waals surface area contributed by atoms with Crippen LogP contribution in [0.25, 0.3) is 0 Å². The van der Waals surface area contributed by atoms with E-state index in [9.17, 15) is 22.8 Å². The van der Waals surface area contributed by atoms with E-state index in [0.717, 1.165) is 47.1 Å². The van der Waals surface area contributed by atoms with Gasteiger partial charge in [0, 0.05) is 12.3 Å². The summed E-state index contributed by atoms with van der Waals surface area (Å²) >= 11 is 0. The molecule has 1 amide bonds. The Bertz CT molecular complexity index is 874. The van der Waals surface area contributed by atoms with Gasteiger partial charge in [0.25, 0.3) is 5.56 Å². The fourth-order valence-electron chi connectivity index (χ4n) is 3.30. The number of fused-ring (bicyclic) bond motifs is 1. The maximum absolute atomic E-state index is 12.9. The van der Waals surface area contributed by atoms with Gasteiger partial charge in [0.05, 0.1) is 11.6 Å². The number of rotatable bonds is 3. The van der Waals surface area contributed by atoms with Crippen LogP contribution in [0.5, 0.6) is 0 Å². The molecule has 1 N–H and O–H groups in total. The number of aromatic nitrogens is 1. The number of nitrogens with one attached hydrogen (secondary N) is 1. The molecule has 26 heavy (non-hydrogen) atoms. The number of alkyl halides is 3. The third-order valence-electron chi connectivity index (χ3n) is 4.75. The summed E-state index contributed by atoms with van der Waals surface area (Å²) in [5.41, 5.74) is 0.577. The third kappa shape index (κ3) is 3.66. The molecule has 7 heteroatoms. The van der Waals surface area contributed by atoms with Crippen molar-refractivity contribution in [2.75, 3.05) is 0 Å². The van der Waals surface area contributed by atoms with E-state index in [4.69, 9.17) is 0 Å². The molecule has 0 radical (unpaired) electrons. The highest BCUT2D eigenvalue weighted by atomic mass is 19.4. The van der Waals surface area contributed by atoms with Crippen LogP contribution in [0.15, 0.2) is 47.4 Å². The summed E-state index contributed by atoms with van der Waals surface area (Å²) in [5.74, 6) is -0.479. The number of aryl methyl sites for hydroxylation is 1. The average Bonchev–Trinajstić information content (AvgIpc) is 2.61. The lowest BCUT2D eigenvalue weighted by Crippen LogP contribution is -2.38. The molecule has 1 aromatic heterocycles. The van der Waals surface area contributed by atoms with E-state index in [0.29, 0.717) is 6.20 Å². The van der Waals surface area contributed by atoms with Gasteiger partial charge in [-0.05, 0) is 43.4 Å². The summed E-state index contributed by atoms with van der Waals surface area (Å²) in [6, 6.07) is 8.10. The molecule has 0 fully saturated rings. The Labute approximate surface area is 148 Å². The first kappa shape index (κ1) is 18.2. The molecular weight excluding hydrogens is 345 g/mol. The number of hydrogen-bond acceptors (Lipinski definition) is 2. The Morgan fingerprint density at radius 1 is 1.23 bits per heavy atom. The number of halogens is 3. The monoisotopic (exact) mass is 364 g/mol. The van der Waals surface area contributed by atoms with Gasteiger partial charge in [-0.25, -0.2) is 0 Å². The summed E-state index contributed by atoms with van der Waals surface area (Å²) in [5, 5.41) is 2.88. The molecule has 1 heterocycles. The second-order valence-corrected chi connectivity index (χ2v) is 6.49. The van der Waals surface area contributed by atoms with Crippen molar-refractivity contribution in [2.24, 2.45) is 0 Å². The molecule has 1 aliphatic carbocycles. The van der Waals surface area contributed by atoms with Crippen LogP contribution in [0.2, 0.25) is 0 Å². The maximum atomic E-state index is 12.9. The molecule has 138 valence electrons. The minimum absolute atomic E-state index is 0.198. The Balaban J connectivity index is 1.82. The Morgan fingerprint density at radius 3 is 2.69 bits per heavy atom. The molecule has 0 aliphatic heterocycles. The molecule has 0 unspecified atom stereocenters. The van der Waals surface area contributed by atoms with Crippen LogP contribution >= 0.6 is 0 Å². The molecule has 1 aromatic carbocycles. The van der Waals surface area contributed by atoms with Crippen LogP contribution in [0.4, 0.5) is 13.2 Å². The number of nitrogens with zero attached hydrogens (tertiary/aromatic N) is 1. The number of pyridine rings is 1. The minimum Gasteiger partial charge on any atom is -0.347 e. The predicted octanol–water partition coefficient (Wildman–Crippen LogP) is 3.62. The Hall–Kier alpha value is -2.57. The van der Waals surface area contributed by atoms with E-state index in [1.807, 2.05) is 24.3 Å². The van der Waals surface area contributed by atoms with Gasteiger partial charge < -0.3 is 9.88 Å². The Kier molecular flexibility index (Phi) is 4.89. The molecule has 3 rings (SSSR count). The standard InChI is InChI=1S/C19H19F3N2O2/c1-12(24-11-14(19(20,21)22)9-10-17(24)25)18(26)23-16-8-4-6-13-5-2-3-7-15(13)16/h2-3,5,7,9-12,16H,4,6,8H2,1H3,(H,23,26)/t12-,16+/m1/s1. The summed E-state index contributed by atoms with van der Waals surface area (Å²) < 4.78 is 39.5. The summed E-state index contributed by atoms with van der Waals surface area (Å²) in [7, 11) is 0. The van der Waals surface area contributed by atoms with Crippen molar-refractivity contribution < 1.29 is 18.0 Å². The van der Waals surface area contributed by atoms with Crippen molar-refractivity contribution in [2.45, 2.75) is 44.4 Å². The zero-order chi connectivity index (χ0) is 18.9. The highest BCUT2D eigenvalue weighted by molar-refractivity contribution is 5.80. The van der Waals surface area contributed by atoms with Gasteiger partial charge in [-0.3, -0.25) is 9.59 Å². The molecule has 0 bridgehead atoms. The van der Waals surface area contributed by atoms with Crippen molar-refractivity contribution in [3.63, 3.8) is 0 Å². The maximum Gasteiger partial charge on any atom is 0.417 e. The molecule has 2 atom stereocenters. The lowest BCUT2D eigenvalue weighted by molar-refractivity contribution is -0.138. The summed E-state index contributed by atoms with van der Waals surface area (Å²) in [6.07, 6.45) is -1.27. The van der Waals surface area contributed by atoms with Crippen molar-refractivity contribution in [1.29, 1.82) is 0 Å². The Morgan fingerprint density at radius 2 is 1.96 bits per heavy atom. The zero-order valence-electron chi connectivity index (χ0n) is 14.2. The van der Waals surface area contributed by atoms with Gasteiger partial charge in [0.1, 0.15) is 6.04 Å². The first-order valence-corrected chi connectivity index (χ1v) is 8.45. The fourth-order valence-corrected chi connectivity index (χ4v) is 3.30. The number of benzene rings is 1. The van der Waals surface area contributed by atoms with Crippen LogP contribution in [-0.2, 0) is 17.4 Å². The van der Waals surface area contributed by atoms with E-state index in [-0.39, 0.29) is 6.04 Å². The number of carbonyl (C=O) groups is 1. The van der Waals surface area contributed by atoms with E-state index < -0.39 is 29.2 Å². The van der Waals surface area contributed by atoms with Crippen LogP contribution in [0.3, 0.4) is 0 Å². The van der Waals surface area contributed by atoms with Gasteiger partial charge in [-0.2, -0.15) is 13.2 Å². The van der Waals surface area contributed by atoms with E-state index in [1.54, 1.807) is 0 Å². The lowest BCUT2D eigenvalue weighted by atomic mass is 9.87. The number of hydrogen-bond donors (Lipinski definition) is 1. The van der Waals surface area contributed by atoms with E-state index in [2.05, 4.69) is 5.32 Å². The summed E-state index contributed by atoms with van der Waals surface area (Å²) in [4.78, 5) is 24.5. The quantitative estimate of drug-likeness (QED) is 0.904. The predicted molar refractivity (Wildman–Crippen MR) is 90.7 cm³/mol. The smallest absolute Gasteiger partial charge is 0.347 e. The lowest BCUT2D eigenvalue weighted by Gasteiger charge is -2.28. The molecule has 0 saturated heterocycles. The minimum atomic E-state index is -4.58. The topological polar surface area (TPSA) is 51.1 Å². The highest BCUT2D eigenvalue weighted by Crippen LogP contribution is 2.30. The summed E-state index contributed by atoms with van der Waals surface area (Å²) in [6.45, 7) is 1.42. The van der Waals surface area contributed by atoms with Crippen LogP contribution < -0.4 is 10.9 Å². The van der Waals surface area contributed by atoms with Gasteiger partial charge in [0.15, 0.2) is 0 Å². The SMILES string of the molecule is C[C@H](C(=O)N[C@H]1CCCc2ccccc21)n1cc(C(F)(F)F)ccc1=O. The molecule has 4 nitrogen and oxygen atoms in total. The van der Waals surface area contributed by atoms with Crippen molar-refractivity contribution in [3.05, 3.63) is 69.6 Å². The average molecular weight is 364 g/mol. The van der Waals surface area contributed by atoms with Crippen LogP contribution in [0.1, 0.15) is 48.5 Å². The normalized spacial score (nSPS) is 18.1. The van der Waals surface area contributed by atoms with E-state index in [1.165, 1.54) is 6.92 Å². The number of carbonyl (C=O) groups excluding carboxylic acids is 1. The van der Waals surface area contributed by atoms with Crippen LogP contribution in [-0.4, -0.2) is 10.5 Å². The van der Waals surface area contributed by atoms with Crippen molar-refractivity contribution in [1.82, 2.24) is 9.88 Å². The molecule has 0 spiro atoms. The van der Waals surface area contributed by atoms with Gasteiger partial charge in [-0.15, -0.1) is 0 Å². The largest absolute Gasteiger partial charge is 0.417 e. The highest BCUT2D eigenvalue weighted by Gasteiger charge is 2.32. The number of amides is 1. The molecule has 1 aliphatic rings. The first-order valence-electron chi connectivity index (χ1n) is 8.45. The second-order valence-electron chi connectivity index (χ2n) is 6.49.